The van der Waals surface area contributed by atoms with Crippen LogP contribution in [0.25, 0.3) is 0 Å². The second-order valence-electron chi connectivity index (χ2n) is 10.9. The van der Waals surface area contributed by atoms with Gasteiger partial charge in [-0.05, 0) is 23.8 Å². The van der Waals surface area contributed by atoms with E-state index in [0.29, 0.717) is 10.4 Å². The first-order chi connectivity index (χ1) is 15.6. The van der Waals surface area contributed by atoms with Crippen molar-refractivity contribution in [1.82, 2.24) is 0 Å². The highest BCUT2D eigenvalue weighted by atomic mass is 32.2. The Bertz CT molecular complexity index is 481. The van der Waals surface area contributed by atoms with E-state index in [4.69, 9.17) is 14.3 Å². The van der Waals surface area contributed by atoms with E-state index in [-0.39, 0.29) is 12.6 Å². The van der Waals surface area contributed by atoms with E-state index >= 15 is 0 Å². The summed E-state index contributed by atoms with van der Waals surface area (Å²) >= 11 is 2.02. The van der Waals surface area contributed by atoms with E-state index in [9.17, 15) is 4.57 Å². The fraction of sp³-hybridized carbons (Fsp3) is 1.00. The zero-order valence-electron chi connectivity index (χ0n) is 22.6. The second-order valence-corrected chi connectivity index (χ2v) is 13.3. The lowest BCUT2D eigenvalue weighted by Crippen LogP contribution is -2.48. The summed E-state index contributed by atoms with van der Waals surface area (Å²) < 4.78 is 16.5. The van der Waals surface area contributed by atoms with Gasteiger partial charge in [0.05, 0.1) is 21.1 Å². The molecular weight excluding hydrogens is 453 g/mol. The van der Waals surface area contributed by atoms with Crippen molar-refractivity contribution in [2.75, 3.05) is 39.3 Å². The molecule has 0 radical (unpaired) electrons. The monoisotopic (exact) mass is 510 g/mol. The van der Waals surface area contributed by atoms with Crippen LogP contribution in [0.1, 0.15) is 117 Å². The quantitative estimate of drug-likeness (QED) is 0.0787. The lowest BCUT2D eigenvalue weighted by molar-refractivity contribution is -0.897. The van der Waals surface area contributed by atoms with Gasteiger partial charge in [-0.1, -0.05) is 104 Å². The molecule has 0 spiro atoms. The van der Waals surface area contributed by atoms with Gasteiger partial charge in [-0.3, -0.25) is 4.52 Å². The van der Waals surface area contributed by atoms with Crippen molar-refractivity contribution in [3.8, 4) is 0 Å². The Morgan fingerprint density at radius 2 is 1.21 bits per heavy atom. The maximum absolute atomic E-state index is 11.1. The standard InChI is InChI=1S/C26H56NO4PS/c1-6-7-8-9-10-11-12-13-14-15-16-17-18-19-20-21-33-24-25(2)22-26(27(3,4)5)23-31-32(28,29)30/h25-26H,6-24H2,1-5H3,(H-,28,29,30)/p+1. The third kappa shape index (κ3) is 23.9. The molecule has 0 aromatic carbocycles. The van der Waals surface area contributed by atoms with Crippen LogP contribution in [-0.2, 0) is 9.09 Å². The Morgan fingerprint density at radius 1 is 0.788 bits per heavy atom. The maximum atomic E-state index is 11.1. The molecule has 0 aliphatic heterocycles. The molecule has 0 aromatic heterocycles. The van der Waals surface area contributed by atoms with Crippen LogP contribution in [0.3, 0.4) is 0 Å². The Labute approximate surface area is 210 Å². The van der Waals surface area contributed by atoms with Crippen molar-refractivity contribution in [3.05, 3.63) is 0 Å². The smallest absolute Gasteiger partial charge is 0.327 e. The zero-order valence-corrected chi connectivity index (χ0v) is 24.3. The molecule has 2 unspecified atom stereocenters. The predicted molar refractivity (Wildman–Crippen MR) is 146 cm³/mol. The van der Waals surface area contributed by atoms with Gasteiger partial charge in [-0.15, -0.1) is 0 Å². The first-order valence-electron chi connectivity index (χ1n) is 13.6. The number of rotatable bonds is 24. The Hall–Kier alpha value is 0.420. The minimum absolute atomic E-state index is 0.0824. The third-order valence-corrected chi connectivity index (χ3v) is 8.37. The molecule has 0 aromatic rings. The van der Waals surface area contributed by atoms with Crippen molar-refractivity contribution in [1.29, 1.82) is 0 Å². The van der Waals surface area contributed by atoms with E-state index in [1.807, 2.05) is 11.8 Å². The molecule has 0 amide bonds. The summed E-state index contributed by atoms with van der Waals surface area (Å²) in [5.41, 5.74) is 0. The average molecular weight is 511 g/mol. The predicted octanol–water partition coefficient (Wildman–Crippen LogP) is 7.80. The van der Waals surface area contributed by atoms with Crippen LogP contribution in [0, 0.1) is 5.92 Å². The van der Waals surface area contributed by atoms with Gasteiger partial charge in [0.2, 0.25) is 0 Å². The van der Waals surface area contributed by atoms with Gasteiger partial charge in [0.25, 0.3) is 0 Å². The molecular formula is C26H57NO4PS+. The SMILES string of the molecule is CCCCCCCCCCCCCCCCCSCC(C)CC(COP(=O)(O)O)[N+](C)(C)C. The van der Waals surface area contributed by atoms with Gasteiger partial charge in [0.1, 0.15) is 12.6 Å². The highest BCUT2D eigenvalue weighted by Crippen LogP contribution is 2.36. The van der Waals surface area contributed by atoms with E-state index in [1.165, 1.54) is 102 Å². The molecule has 0 aliphatic rings. The van der Waals surface area contributed by atoms with Crippen LogP contribution < -0.4 is 0 Å². The minimum atomic E-state index is -4.40. The number of phosphoric ester groups is 1. The van der Waals surface area contributed by atoms with Gasteiger partial charge in [-0.25, -0.2) is 4.57 Å². The highest BCUT2D eigenvalue weighted by Gasteiger charge is 2.29. The molecule has 0 saturated heterocycles. The third-order valence-electron chi connectivity index (χ3n) is 6.50. The van der Waals surface area contributed by atoms with Crippen molar-refractivity contribution < 1.29 is 23.4 Å². The second kappa shape index (κ2) is 20.6. The first kappa shape index (κ1) is 33.4. The summed E-state index contributed by atoms with van der Waals surface area (Å²) in [4.78, 5) is 18.0. The van der Waals surface area contributed by atoms with Crippen LogP contribution in [0.15, 0.2) is 0 Å². The summed E-state index contributed by atoms with van der Waals surface area (Å²) in [6, 6.07) is 0.0824. The summed E-state index contributed by atoms with van der Waals surface area (Å²) in [5.74, 6) is 2.83. The molecule has 0 saturated carbocycles. The molecule has 5 nitrogen and oxygen atoms in total. The Morgan fingerprint density at radius 3 is 1.61 bits per heavy atom. The van der Waals surface area contributed by atoms with Gasteiger partial charge < -0.3 is 14.3 Å². The number of nitrogens with zero attached hydrogens (tertiary/aromatic N) is 1. The topological polar surface area (TPSA) is 66.8 Å². The first-order valence-corrected chi connectivity index (χ1v) is 16.3. The molecule has 0 bridgehead atoms. The molecule has 33 heavy (non-hydrogen) atoms. The van der Waals surface area contributed by atoms with Gasteiger partial charge in [0, 0.05) is 6.42 Å². The van der Waals surface area contributed by atoms with Crippen LogP contribution in [-0.4, -0.2) is 59.6 Å². The van der Waals surface area contributed by atoms with Crippen LogP contribution in [0.4, 0.5) is 0 Å². The number of thioether (sulfide) groups is 1. The number of hydrogen-bond donors (Lipinski definition) is 2. The molecule has 7 heteroatoms. The molecule has 0 fully saturated rings. The van der Waals surface area contributed by atoms with Crippen LogP contribution in [0.2, 0.25) is 0 Å². The summed E-state index contributed by atoms with van der Waals surface area (Å²) in [7, 11) is 1.77. The number of phosphoric acid groups is 1. The zero-order chi connectivity index (χ0) is 25.0. The van der Waals surface area contributed by atoms with Crippen LogP contribution >= 0.6 is 19.6 Å². The van der Waals surface area contributed by atoms with Gasteiger partial charge in [0.15, 0.2) is 0 Å². The van der Waals surface area contributed by atoms with Crippen molar-refractivity contribution in [3.63, 3.8) is 0 Å². The molecule has 0 rings (SSSR count). The van der Waals surface area contributed by atoms with E-state index in [2.05, 4.69) is 35.0 Å². The summed E-state index contributed by atoms with van der Waals surface area (Å²) in [6.45, 7) is 4.62. The maximum Gasteiger partial charge on any atom is 0.469 e. The molecule has 2 N–H and O–H groups in total. The van der Waals surface area contributed by atoms with E-state index in [1.54, 1.807) is 0 Å². The largest absolute Gasteiger partial charge is 0.469 e. The van der Waals surface area contributed by atoms with Crippen molar-refractivity contribution in [2.24, 2.45) is 5.92 Å². The number of likely N-dealkylation sites (N-methyl/N-ethyl adjacent to an activating group) is 1. The Balaban J connectivity index is 3.57. The Kier molecular flexibility index (Phi) is 20.9. The average Bonchev–Trinajstić information content (AvgIpc) is 2.71. The van der Waals surface area contributed by atoms with Gasteiger partial charge in [-0.2, -0.15) is 11.8 Å². The molecule has 200 valence electrons. The fourth-order valence-electron chi connectivity index (χ4n) is 4.18. The van der Waals surface area contributed by atoms with Crippen molar-refractivity contribution in [2.45, 2.75) is 123 Å². The summed E-state index contributed by atoms with van der Waals surface area (Å²) in [6.07, 6.45) is 22.0. The molecule has 0 aliphatic carbocycles. The lowest BCUT2D eigenvalue weighted by atomic mass is 10.0. The number of quaternary nitrogens is 1. The van der Waals surface area contributed by atoms with E-state index in [0.717, 1.165) is 12.2 Å². The van der Waals surface area contributed by atoms with Crippen molar-refractivity contribution >= 4 is 19.6 Å². The van der Waals surface area contributed by atoms with Crippen LogP contribution in [0.5, 0.6) is 0 Å². The normalized spacial score (nSPS) is 14.5. The molecule has 0 heterocycles. The fourth-order valence-corrected chi connectivity index (χ4v) is 5.66. The number of hydrogen-bond acceptors (Lipinski definition) is 3. The highest BCUT2D eigenvalue weighted by molar-refractivity contribution is 7.99. The van der Waals surface area contributed by atoms with Gasteiger partial charge >= 0.3 is 7.82 Å². The minimum Gasteiger partial charge on any atom is -0.327 e. The number of unbranched alkanes of at least 4 members (excludes halogenated alkanes) is 14. The lowest BCUT2D eigenvalue weighted by Gasteiger charge is -2.35. The summed E-state index contributed by atoms with van der Waals surface area (Å²) in [5, 5.41) is 0. The van der Waals surface area contributed by atoms with E-state index < -0.39 is 7.82 Å². The molecule has 2 atom stereocenters.